The van der Waals surface area contributed by atoms with Gasteiger partial charge in [-0.15, -0.1) is 0 Å². The molecule has 0 bridgehead atoms. The molecule has 2 heterocycles. The van der Waals surface area contributed by atoms with Gasteiger partial charge < -0.3 is 48.3 Å². The summed E-state index contributed by atoms with van der Waals surface area (Å²) in [4.78, 5) is 36.4. The van der Waals surface area contributed by atoms with Gasteiger partial charge in [0.25, 0.3) is 5.69 Å². The third kappa shape index (κ3) is 7.69. The quantitative estimate of drug-likeness (QED) is 0.109. The number of amides is 1. The monoisotopic (exact) mass is 1130 g/mol. The molecular formula is C66H100N2O13. The summed E-state index contributed by atoms with van der Waals surface area (Å²) in [6, 6.07) is 5.38. The van der Waals surface area contributed by atoms with Crippen molar-refractivity contribution in [1.82, 2.24) is 4.90 Å². The van der Waals surface area contributed by atoms with E-state index in [4.69, 9.17) is 33.2 Å². The van der Waals surface area contributed by atoms with E-state index in [1.165, 1.54) is 87.0 Å². The van der Waals surface area contributed by atoms with Crippen LogP contribution >= 0.6 is 0 Å². The fourth-order valence-corrected chi connectivity index (χ4v) is 25.0. The number of aliphatic hydroxyl groups is 2. The van der Waals surface area contributed by atoms with Crippen LogP contribution < -0.4 is 4.74 Å². The van der Waals surface area contributed by atoms with Gasteiger partial charge in [0.15, 0.2) is 0 Å². The molecule has 15 heteroatoms. The number of non-ortho nitro benzene ring substituents is 1. The number of aliphatic hydroxyl groups excluding tert-OH is 2. The number of fused-ring (bicyclic) bond motifs is 8. The van der Waals surface area contributed by atoms with Gasteiger partial charge in [-0.05, 0) is 206 Å². The second-order valence-electron chi connectivity index (χ2n) is 31.6. The summed E-state index contributed by atoms with van der Waals surface area (Å²) in [5.74, 6) is 4.11. The van der Waals surface area contributed by atoms with Gasteiger partial charge in [-0.3, -0.25) is 10.1 Å². The maximum absolute atomic E-state index is 12.5. The molecule has 12 aliphatic rings. The average Bonchev–Trinajstić information content (AvgIpc) is 1.57. The Kier molecular flexibility index (Phi) is 13.8. The lowest BCUT2D eigenvalue weighted by atomic mass is 9.41. The first kappa shape index (κ1) is 58.3. The first-order chi connectivity index (χ1) is 38.0. The molecule has 1 aromatic carbocycles. The number of nitro groups is 1. The van der Waals surface area contributed by atoms with Crippen LogP contribution in [0.2, 0.25) is 0 Å². The number of carbonyl (C=O) groups is 2. The highest BCUT2D eigenvalue weighted by molar-refractivity contribution is 5.66. The maximum atomic E-state index is 12.5. The molecule has 2 N–H and O–H groups in total. The van der Waals surface area contributed by atoms with E-state index in [1.807, 2.05) is 14.2 Å². The Morgan fingerprint density at radius 2 is 1.14 bits per heavy atom. The number of carbonyl (C=O) groups excluding carboxylic acids is 2. The van der Waals surface area contributed by atoms with E-state index in [0.717, 1.165) is 44.9 Å². The Labute approximate surface area is 482 Å². The van der Waals surface area contributed by atoms with E-state index < -0.39 is 17.2 Å². The molecule has 1 aromatic rings. The van der Waals surface area contributed by atoms with Crippen molar-refractivity contribution in [2.45, 2.75) is 221 Å². The van der Waals surface area contributed by atoms with E-state index in [2.05, 4.69) is 69.2 Å². The minimum atomic E-state index is -0.839. The van der Waals surface area contributed by atoms with Gasteiger partial charge in [0.05, 0.1) is 53.8 Å². The first-order valence-corrected chi connectivity index (χ1v) is 31.7. The van der Waals surface area contributed by atoms with Crippen LogP contribution in [0, 0.1) is 112 Å². The first-order valence-electron chi connectivity index (χ1n) is 31.7. The lowest BCUT2D eigenvalue weighted by molar-refractivity contribution is -0.384. The van der Waals surface area contributed by atoms with Crippen molar-refractivity contribution < 1.29 is 57.9 Å². The van der Waals surface area contributed by atoms with E-state index >= 15 is 0 Å². The fraction of sp³-hybridized carbons (Fsp3) is 0.879. The number of nitro benzene ring substituents is 1. The molecule has 13 rings (SSSR count). The summed E-state index contributed by atoms with van der Waals surface area (Å²) in [7, 11) is 7.16. The summed E-state index contributed by atoms with van der Waals surface area (Å²) in [5.41, 5.74) is 1.54. The molecule has 452 valence electrons. The molecule has 24 atom stereocenters. The van der Waals surface area contributed by atoms with Crippen molar-refractivity contribution in [3.05, 3.63) is 34.4 Å². The van der Waals surface area contributed by atoms with Crippen molar-refractivity contribution in [1.29, 1.82) is 0 Å². The Balaban J connectivity index is 0.000000165. The van der Waals surface area contributed by atoms with Gasteiger partial charge >= 0.3 is 12.2 Å². The second kappa shape index (κ2) is 19.2. The van der Waals surface area contributed by atoms with Crippen molar-refractivity contribution >= 4 is 17.9 Å². The zero-order valence-corrected chi connectivity index (χ0v) is 51.6. The Hall–Kier alpha value is -3.08. The number of hydrogen-bond donors (Lipinski definition) is 2. The van der Waals surface area contributed by atoms with Crippen LogP contribution in [0.3, 0.4) is 0 Å². The topological polar surface area (TPSA) is 186 Å². The van der Waals surface area contributed by atoms with Crippen molar-refractivity contribution in [3.8, 4) is 5.75 Å². The van der Waals surface area contributed by atoms with Gasteiger partial charge in [-0.1, -0.05) is 69.2 Å². The molecule has 1 amide bonds. The minimum Gasteiger partial charge on any atom is -0.447 e. The van der Waals surface area contributed by atoms with E-state index in [-0.39, 0.29) is 99.9 Å². The predicted molar refractivity (Wildman–Crippen MR) is 304 cm³/mol. The molecule has 0 aromatic heterocycles. The Morgan fingerprint density at radius 3 is 1.69 bits per heavy atom. The van der Waals surface area contributed by atoms with E-state index in [9.17, 15) is 29.9 Å². The van der Waals surface area contributed by atoms with Crippen LogP contribution in [0.4, 0.5) is 15.3 Å². The van der Waals surface area contributed by atoms with Gasteiger partial charge in [0.1, 0.15) is 19.0 Å². The van der Waals surface area contributed by atoms with Crippen LogP contribution in [0.25, 0.3) is 0 Å². The highest BCUT2D eigenvalue weighted by Gasteiger charge is 2.87. The summed E-state index contributed by atoms with van der Waals surface area (Å²) in [5, 5.41) is 34.0. The number of ether oxygens (including phenoxy) is 7. The lowest BCUT2D eigenvalue weighted by Crippen LogP contribution is -2.60. The largest absolute Gasteiger partial charge is 0.513 e. The SMILES string of the molecule is CO[C@H]1CC[C@]23C[C@]24CC[C@]2(C)[C@@H]5[C@H](O[C@@H](COC(=O)Oc6ccc([N+](=O)[O-])cc6)C[C@H]5C)[C@H](OC)[C@@]2(C)[C@@H]4CC[C@H]3C1(C)C.C[C@@H]1C[C@H](COC(=O)N(C)C)O[C@H]2[C@H]1[C@@]1(C)CC[C@@]34C[C@@]35CC[C@H](O)C(C)(C)[C@@H]5CC[C@H]4[C@]1(C)[C@H]2O. The predicted octanol–water partition coefficient (Wildman–Crippen LogP) is 12.5. The van der Waals surface area contributed by atoms with Gasteiger partial charge in [0.2, 0.25) is 0 Å². The van der Waals surface area contributed by atoms with E-state index in [0.29, 0.717) is 75.1 Å². The maximum Gasteiger partial charge on any atom is 0.513 e. The summed E-state index contributed by atoms with van der Waals surface area (Å²) in [6.07, 6.45) is 16.4. The van der Waals surface area contributed by atoms with Crippen LogP contribution in [-0.2, 0) is 28.4 Å². The van der Waals surface area contributed by atoms with Crippen LogP contribution in [0.1, 0.15) is 172 Å². The van der Waals surface area contributed by atoms with Crippen molar-refractivity contribution in [2.24, 2.45) is 101 Å². The number of hydrogen-bond acceptors (Lipinski definition) is 13. The van der Waals surface area contributed by atoms with Crippen LogP contribution in [-0.4, -0.2) is 123 Å². The Morgan fingerprint density at radius 1 is 0.642 bits per heavy atom. The molecule has 0 unspecified atom stereocenters. The molecule has 81 heavy (non-hydrogen) atoms. The molecule has 2 aliphatic heterocycles. The molecule has 2 saturated heterocycles. The van der Waals surface area contributed by atoms with Crippen LogP contribution in [0.15, 0.2) is 24.3 Å². The summed E-state index contributed by atoms with van der Waals surface area (Å²) < 4.78 is 42.4. The van der Waals surface area contributed by atoms with Crippen molar-refractivity contribution in [2.75, 3.05) is 41.5 Å². The molecule has 10 saturated carbocycles. The van der Waals surface area contributed by atoms with Gasteiger partial charge in [-0.25, -0.2) is 9.59 Å². The molecule has 12 fully saturated rings. The van der Waals surface area contributed by atoms with Gasteiger partial charge in [-0.2, -0.15) is 0 Å². The number of nitrogens with zero attached hydrogens (tertiary/aromatic N) is 2. The third-order valence-corrected chi connectivity index (χ3v) is 28.6. The fourth-order valence-electron chi connectivity index (χ4n) is 25.0. The smallest absolute Gasteiger partial charge is 0.447 e. The number of rotatable bonds is 8. The third-order valence-electron chi connectivity index (χ3n) is 28.6. The summed E-state index contributed by atoms with van der Waals surface area (Å²) >= 11 is 0. The second-order valence-corrected chi connectivity index (χ2v) is 31.6. The van der Waals surface area contributed by atoms with Crippen molar-refractivity contribution in [3.63, 3.8) is 0 Å². The minimum absolute atomic E-state index is 0.00902. The highest BCUT2D eigenvalue weighted by atomic mass is 16.7. The van der Waals surface area contributed by atoms with E-state index in [1.54, 1.807) is 14.1 Å². The standard InChI is InChI=1S/C36H51NO8.C30H49NO5/c1-21-18-24(19-43-31(38)45-23-10-8-22(9-11-23)37(39)40)44-29-28(21)33(4)16-17-36-20-35(36)15-14-27(41-6)32(2,3)25(35)12-13-26(36)34(33,5)30(29)42-7;1-17-14-18(15-35-25(34)31(6)7)36-23-22(17)27(4)12-13-30-16-29(30)11-10-21(32)26(2,3)19(29)8-9-20(30)28(27,5)24(23)33/h8-11,21,24-30H,12-20H2,1-7H3;17-24,32-33H,8-16H2,1-7H3/t21-,24-,25+,26+,27+,28+,29+,30+,33-,34-,35-,36+;17-,18-,19+,20+,21+,22+,23+,24+,27-,28-,29-,30+/m11/s1. The van der Waals surface area contributed by atoms with Gasteiger partial charge in [0, 0.05) is 51.3 Å². The van der Waals surface area contributed by atoms with Crippen LogP contribution in [0.5, 0.6) is 5.75 Å². The molecule has 4 spiro atoms. The zero-order valence-electron chi connectivity index (χ0n) is 51.6. The molecule has 15 nitrogen and oxygen atoms in total. The number of benzene rings is 1. The lowest BCUT2D eigenvalue weighted by Gasteiger charge is -2.64. The average molecular weight is 1130 g/mol. The normalized spacial score (nSPS) is 51.3. The molecular weight excluding hydrogens is 1030 g/mol. The molecule has 10 aliphatic carbocycles. The Bertz CT molecular complexity index is 2630. The summed E-state index contributed by atoms with van der Waals surface area (Å²) in [6.45, 7) is 24.5. The number of methoxy groups -OCH3 is 2. The molecule has 0 radical (unpaired) electrons. The highest BCUT2D eigenvalue weighted by Crippen LogP contribution is 2.91. The zero-order chi connectivity index (χ0) is 58.2.